The van der Waals surface area contributed by atoms with Gasteiger partial charge in [0.2, 0.25) is 0 Å². The van der Waals surface area contributed by atoms with E-state index >= 15 is 0 Å². The number of aliphatic imine (C=N–C) groups is 1. The topological polar surface area (TPSA) is 116 Å². The van der Waals surface area contributed by atoms with Gasteiger partial charge in [-0.3, -0.25) is 9.79 Å². The van der Waals surface area contributed by atoms with E-state index in [-0.39, 0.29) is 11.9 Å². The number of anilines is 1. The number of rotatable bonds is 7. The molecule has 1 aromatic heterocycles. The molecule has 0 bridgehead atoms. The Labute approximate surface area is 211 Å². The highest BCUT2D eigenvalue weighted by atomic mass is 16.1. The van der Waals surface area contributed by atoms with Crippen LogP contribution in [0.4, 0.5) is 5.82 Å². The molecule has 1 aliphatic rings. The molecule has 3 aromatic rings. The predicted molar refractivity (Wildman–Crippen MR) is 143 cm³/mol. The maximum atomic E-state index is 13.0. The molecule has 2 heterocycles. The zero-order chi connectivity index (χ0) is 25.5. The fourth-order valence-corrected chi connectivity index (χ4v) is 4.03. The van der Waals surface area contributed by atoms with Crippen LogP contribution in [0.15, 0.2) is 65.9 Å². The van der Waals surface area contributed by atoms with Crippen LogP contribution < -0.4 is 16.4 Å². The van der Waals surface area contributed by atoms with E-state index in [1.165, 1.54) is 17.3 Å². The van der Waals surface area contributed by atoms with E-state index in [4.69, 9.17) is 5.73 Å². The van der Waals surface area contributed by atoms with Crippen molar-refractivity contribution < 1.29 is 4.79 Å². The first-order valence-electron chi connectivity index (χ1n) is 12.0. The van der Waals surface area contributed by atoms with E-state index in [1.807, 2.05) is 55.7 Å². The molecule has 0 spiro atoms. The van der Waals surface area contributed by atoms with Gasteiger partial charge in [-0.2, -0.15) is 5.26 Å². The predicted octanol–water partition coefficient (Wildman–Crippen LogP) is 4.65. The third-order valence-electron chi connectivity index (χ3n) is 6.36. The Bertz CT molecular complexity index is 1350. The number of nitrogens with two attached hydrogens (primary N) is 1. The zero-order valence-corrected chi connectivity index (χ0v) is 20.6. The normalized spacial score (nSPS) is 14.9. The van der Waals surface area contributed by atoms with Crippen LogP contribution in [0.25, 0.3) is 5.57 Å². The van der Waals surface area contributed by atoms with Crippen LogP contribution in [0.5, 0.6) is 0 Å². The fourth-order valence-electron chi connectivity index (χ4n) is 4.03. The van der Waals surface area contributed by atoms with Crippen LogP contribution >= 0.6 is 0 Å². The quantitative estimate of drug-likeness (QED) is 0.457. The number of nitrogens with zero attached hydrogens (tertiary/aromatic N) is 3. The van der Waals surface area contributed by atoms with Crippen LogP contribution in [0.3, 0.4) is 0 Å². The van der Waals surface area contributed by atoms with Gasteiger partial charge >= 0.3 is 0 Å². The van der Waals surface area contributed by atoms with Gasteiger partial charge in [-0.1, -0.05) is 42.5 Å². The van der Waals surface area contributed by atoms with Crippen LogP contribution in [-0.2, 0) is 13.1 Å². The Morgan fingerprint density at radius 2 is 1.86 bits per heavy atom. The Hall–Kier alpha value is -4.28. The molecule has 1 unspecified atom stereocenters. The molecule has 0 radical (unpaired) electrons. The molecule has 4 rings (SSSR count). The third kappa shape index (κ3) is 6.04. The first kappa shape index (κ1) is 24.8. The second kappa shape index (κ2) is 11.4. The second-order valence-corrected chi connectivity index (χ2v) is 8.98. The van der Waals surface area contributed by atoms with Gasteiger partial charge in [0.05, 0.1) is 11.1 Å². The smallest absolute Gasteiger partial charge is 0.255 e. The molecular formula is C29H30N6O. The maximum absolute atomic E-state index is 13.0. The minimum absolute atomic E-state index is 0.0378. The standard InChI is InChI=1S/C29H30N6O/c1-19-5-6-22(12-20(19)2)16-35-29(36)25-13-23(14-30)17-34-28(25)33-15-21-7-9-24(10-8-21)26-18-32-11-3-4-27(26)31/h5-13,17-18,27H,3-4,15-16,31H2,1-2H3,(H,33,34)(H,35,36). The number of pyridine rings is 1. The van der Waals surface area contributed by atoms with Gasteiger partial charge in [-0.05, 0) is 66.1 Å². The summed E-state index contributed by atoms with van der Waals surface area (Å²) in [6, 6.07) is 17.8. The van der Waals surface area contributed by atoms with Gasteiger partial charge in [-0.25, -0.2) is 4.98 Å². The van der Waals surface area contributed by atoms with Crippen molar-refractivity contribution in [1.29, 1.82) is 5.26 Å². The molecule has 1 amide bonds. The number of amides is 1. The number of hydrogen-bond acceptors (Lipinski definition) is 6. The molecule has 4 N–H and O–H groups in total. The van der Waals surface area contributed by atoms with Crippen molar-refractivity contribution >= 4 is 23.5 Å². The number of nitrogens with one attached hydrogen (secondary N) is 2. The number of carbonyl (C=O) groups excluding carboxylic acids is 1. The molecule has 7 nitrogen and oxygen atoms in total. The Morgan fingerprint density at radius 1 is 1.08 bits per heavy atom. The molecule has 0 fully saturated rings. The van der Waals surface area contributed by atoms with Gasteiger partial charge in [0.25, 0.3) is 5.91 Å². The Kier molecular flexibility index (Phi) is 7.89. The van der Waals surface area contributed by atoms with E-state index < -0.39 is 0 Å². The van der Waals surface area contributed by atoms with E-state index in [2.05, 4.69) is 39.7 Å². The number of carbonyl (C=O) groups is 1. The highest BCUT2D eigenvalue weighted by Gasteiger charge is 2.15. The van der Waals surface area contributed by atoms with E-state index in [0.29, 0.717) is 30.0 Å². The lowest BCUT2D eigenvalue weighted by Gasteiger charge is -2.15. The lowest BCUT2D eigenvalue weighted by atomic mass is 9.96. The summed E-state index contributed by atoms with van der Waals surface area (Å²) in [6.45, 7) is 4.96. The first-order valence-corrected chi connectivity index (χ1v) is 12.0. The molecule has 7 heteroatoms. The average molecular weight is 479 g/mol. The highest BCUT2D eigenvalue weighted by Crippen LogP contribution is 2.23. The number of aryl methyl sites for hydroxylation is 2. The van der Waals surface area contributed by atoms with Gasteiger partial charge in [-0.15, -0.1) is 0 Å². The van der Waals surface area contributed by atoms with Gasteiger partial charge < -0.3 is 16.4 Å². The minimum atomic E-state index is -0.287. The molecule has 36 heavy (non-hydrogen) atoms. The highest BCUT2D eigenvalue weighted by molar-refractivity contribution is 5.99. The summed E-state index contributed by atoms with van der Waals surface area (Å²) < 4.78 is 0. The molecule has 0 saturated carbocycles. The minimum Gasteiger partial charge on any atom is -0.365 e. The van der Waals surface area contributed by atoms with Crippen molar-refractivity contribution in [2.45, 2.75) is 45.8 Å². The zero-order valence-electron chi connectivity index (χ0n) is 20.6. The lowest BCUT2D eigenvalue weighted by molar-refractivity contribution is 0.0951. The summed E-state index contributed by atoms with van der Waals surface area (Å²) in [5.41, 5.74) is 13.5. The SMILES string of the molecule is Cc1ccc(CNC(=O)c2cc(C#N)cnc2NCc2ccc(C3=CN=CCCC3N)cc2)cc1C. The molecule has 1 atom stereocenters. The summed E-state index contributed by atoms with van der Waals surface area (Å²) >= 11 is 0. The van der Waals surface area contributed by atoms with E-state index in [9.17, 15) is 10.1 Å². The van der Waals surface area contributed by atoms with Crippen LogP contribution in [0, 0.1) is 25.2 Å². The molecule has 2 aromatic carbocycles. The second-order valence-electron chi connectivity index (χ2n) is 8.98. The van der Waals surface area contributed by atoms with Crippen molar-refractivity contribution in [2.75, 3.05) is 5.32 Å². The monoisotopic (exact) mass is 478 g/mol. The number of aromatic nitrogens is 1. The fraction of sp³-hybridized carbons (Fsp3) is 0.241. The molecule has 0 aliphatic carbocycles. The van der Waals surface area contributed by atoms with Crippen molar-refractivity contribution in [1.82, 2.24) is 10.3 Å². The summed E-state index contributed by atoms with van der Waals surface area (Å²) in [4.78, 5) is 21.7. The Morgan fingerprint density at radius 3 is 2.61 bits per heavy atom. The van der Waals surface area contributed by atoms with Gasteiger partial charge in [0.15, 0.2) is 0 Å². The number of benzene rings is 2. The van der Waals surface area contributed by atoms with Crippen molar-refractivity contribution in [3.63, 3.8) is 0 Å². The number of hydrogen-bond donors (Lipinski definition) is 3. The van der Waals surface area contributed by atoms with E-state index in [0.717, 1.165) is 35.1 Å². The molecule has 182 valence electrons. The van der Waals surface area contributed by atoms with E-state index in [1.54, 1.807) is 6.07 Å². The van der Waals surface area contributed by atoms with Crippen LogP contribution in [-0.4, -0.2) is 23.1 Å². The van der Waals surface area contributed by atoms with Crippen molar-refractivity contribution in [3.05, 3.63) is 99.9 Å². The molecular weight excluding hydrogens is 448 g/mol. The molecule has 1 aliphatic heterocycles. The Balaban J connectivity index is 1.45. The van der Waals surface area contributed by atoms with Gasteiger partial charge in [0, 0.05) is 37.7 Å². The summed E-state index contributed by atoms with van der Waals surface area (Å²) in [6.07, 6.45) is 6.95. The lowest BCUT2D eigenvalue weighted by Crippen LogP contribution is -2.24. The summed E-state index contributed by atoms with van der Waals surface area (Å²) in [7, 11) is 0. The largest absolute Gasteiger partial charge is 0.365 e. The summed E-state index contributed by atoms with van der Waals surface area (Å²) in [5.74, 6) is 0.143. The van der Waals surface area contributed by atoms with Crippen LogP contribution in [0.1, 0.15) is 56.6 Å². The maximum Gasteiger partial charge on any atom is 0.255 e. The third-order valence-corrected chi connectivity index (χ3v) is 6.36. The number of nitriles is 1. The average Bonchev–Trinajstić information content (AvgIpc) is 3.12. The first-order chi connectivity index (χ1) is 17.4. The molecule has 0 saturated heterocycles. The van der Waals surface area contributed by atoms with Crippen molar-refractivity contribution in [3.8, 4) is 6.07 Å². The van der Waals surface area contributed by atoms with Crippen LogP contribution in [0.2, 0.25) is 0 Å². The van der Waals surface area contributed by atoms with Gasteiger partial charge in [0.1, 0.15) is 11.9 Å². The van der Waals surface area contributed by atoms with Crippen molar-refractivity contribution in [2.24, 2.45) is 10.7 Å². The summed E-state index contributed by atoms with van der Waals surface area (Å²) in [5, 5.41) is 15.5.